The molecule has 0 aliphatic heterocycles. The van der Waals surface area contributed by atoms with Crippen LogP contribution in [0.15, 0.2) is 78.9 Å². The smallest absolute Gasteiger partial charge is 0.143 e. The number of aromatic nitrogens is 2. The molecule has 29 heavy (non-hydrogen) atoms. The zero-order chi connectivity index (χ0) is 20.2. The number of hydrogen-bond donors (Lipinski definition) is 0. The molecule has 4 rings (SSSR count). The van der Waals surface area contributed by atoms with E-state index < -0.39 is 0 Å². The zero-order valence-corrected chi connectivity index (χ0v) is 17.0. The minimum absolute atomic E-state index is 0.233. The molecule has 0 amide bonds. The Hall–Kier alpha value is -3.24. The third-order valence-corrected chi connectivity index (χ3v) is 5.35. The first kappa shape index (κ1) is 19.1. The van der Waals surface area contributed by atoms with Crippen molar-refractivity contribution >= 4 is 10.9 Å². The lowest BCUT2D eigenvalue weighted by Gasteiger charge is -2.25. The van der Waals surface area contributed by atoms with Gasteiger partial charge in [0.05, 0.1) is 24.9 Å². The lowest BCUT2D eigenvalue weighted by Crippen LogP contribution is -2.23. The maximum Gasteiger partial charge on any atom is 0.143 e. The van der Waals surface area contributed by atoms with Gasteiger partial charge in [-0.3, -0.25) is 4.90 Å². The highest BCUT2D eigenvalue weighted by Crippen LogP contribution is 2.27. The van der Waals surface area contributed by atoms with Gasteiger partial charge in [-0.1, -0.05) is 60.7 Å². The summed E-state index contributed by atoms with van der Waals surface area (Å²) in [6, 6.07) is 27.0. The van der Waals surface area contributed by atoms with E-state index in [1.54, 1.807) is 7.11 Å². The van der Waals surface area contributed by atoms with Gasteiger partial charge in [0, 0.05) is 17.0 Å². The predicted molar refractivity (Wildman–Crippen MR) is 118 cm³/mol. The van der Waals surface area contributed by atoms with Crippen molar-refractivity contribution in [2.45, 2.75) is 19.5 Å². The molecule has 0 radical (unpaired) electrons. The van der Waals surface area contributed by atoms with E-state index in [1.807, 2.05) is 42.5 Å². The largest absolute Gasteiger partial charge is 0.497 e. The summed E-state index contributed by atoms with van der Waals surface area (Å²) in [6.45, 7) is 2.86. The summed E-state index contributed by atoms with van der Waals surface area (Å²) in [5, 5.41) is 1.08. The van der Waals surface area contributed by atoms with E-state index in [-0.39, 0.29) is 6.04 Å². The molecule has 3 aromatic carbocycles. The van der Waals surface area contributed by atoms with Crippen LogP contribution in [0.4, 0.5) is 0 Å². The molecule has 0 saturated carbocycles. The van der Waals surface area contributed by atoms with Gasteiger partial charge in [0.2, 0.25) is 0 Å². The Morgan fingerprint density at radius 1 is 0.862 bits per heavy atom. The highest BCUT2D eigenvalue weighted by atomic mass is 16.5. The van der Waals surface area contributed by atoms with Gasteiger partial charge in [-0.25, -0.2) is 9.97 Å². The van der Waals surface area contributed by atoms with Crippen LogP contribution in [0.5, 0.6) is 5.75 Å². The van der Waals surface area contributed by atoms with Crippen LogP contribution in [-0.2, 0) is 6.54 Å². The minimum Gasteiger partial charge on any atom is -0.497 e. The van der Waals surface area contributed by atoms with E-state index in [1.165, 1.54) is 5.56 Å². The summed E-state index contributed by atoms with van der Waals surface area (Å²) < 4.78 is 5.27. The fraction of sp³-hybridized carbons (Fsp3) is 0.200. The molecule has 0 aliphatic rings. The quantitative estimate of drug-likeness (QED) is 0.441. The van der Waals surface area contributed by atoms with Gasteiger partial charge < -0.3 is 4.74 Å². The van der Waals surface area contributed by atoms with E-state index >= 15 is 0 Å². The van der Waals surface area contributed by atoms with Crippen LogP contribution in [0.3, 0.4) is 0 Å². The van der Waals surface area contributed by atoms with Gasteiger partial charge >= 0.3 is 0 Å². The number of ether oxygens (including phenoxy) is 1. The summed E-state index contributed by atoms with van der Waals surface area (Å²) in [4.78, 5) is 12.0. The van der Waals surface area contributed by atoms with E-state index in [4.69, 9.17) is 14.7 Å². The van der Waals surface area contributed by atoms with Crippen LogP contribution < -0.4 is 4.74 Å². The molecule has 0 fully saturated rings. The molecule has 4 nitrogen and oxygen atoms in total. The van der Waals surface area contributed by atoms with E-state index in [0.29, 0.717) is 6.54 Å². The number of nitrogens with zero attached hydrogens (tertiary/aromatic N) is 3. The summed E-state index contributed by atoms with van der Waals surface area (Å²) in [5.74, 6) is 1.69. The Kier molecular flexibility index (Phi) is 5.54. The first-order chi connectivity index (χ1) is 14.2. The normalized spacial score (nSPS) is 12.3. The van der Waals surface area contributed by atoms with Crippen molar-refractivity contribution in [1.29, 1.82) is 0 Å². The first-order valence-electron chi connectivity index (χ1n) is 9.81. The van der Waals surface area contributed by atoms with Crippen LogP contribution in [-0.4, -0.2) is 29.0 Å². The molecular weight excluding hydrogens is 358 g/mol. The van der Waals surface area contributed by atoms with Crippen molar-refractivity contribution in [3.05, 3.63) is 90.3 Å². The van der Waals surface area contributed by atoms with Gasteiger partial charge in [0.25, 0.3) is 0 Å². The summed E-state index contributed by atoms with van der Waals surface area (Å²) in [6.07, 6.45) is 0. The van der Waals surface area contributed by atoms with Crippen molar-refractivity contribution in [1.82, 2.24) is 14.9 Å². The van der Waals surface area contributed by atoms with Crippen molar-refractivity contribution in [2.75, 3.05) is 14.2 Å². The van der Waals surface area contributed by atoms with Gasteiger partial charge in [0.15, 0.2) is 0 Å². The molecular formula is C25H25N3O. The maximum absolute atomic E-state index is 5.27. The minimum atomic E-state index is 0.233. The molecule has 0 saturated heterocycles. The molecule has 0 spiro atoms. The first-order valence-corrected chi connectivity index (χ1v) is 9.81. The van der Waals surface area contributed by atoms with Crippen LogP contribution >= 0.6 is 0 Å². The monoisotopic (exact) mass is 383 g/mol. The van der Waals surface area contributed by atoms with Crippen molar-refractivity contribution in [3.63, 3.8) is 0 Å². The number of benzene rings is 3. The van der Waals surface area contributed by atoms with Gasteiger partial charge in [-0.05, 0) is 37.7 Å². The molecule has 1 heterocycles. The molecule has 1 atom stereocenters. The second kappa shape index (κ2) is 8.41. The molecule has 0 N–H and O–H groups in total. The molecule has 0 bridgehead atoms. The average Bonchev–Trinajstić information content (AvgIpc) is 2.78. The second-order valence-electron chi connectivity index (χ2n) is 7.24. The second-order valence-corrected chi connectivity index (χ2v) is 7.24. The maximum atomic E-state index is 5.27. The fourth-order valence-electron chi connectivity index (χ4n) is 3.51. The third-order valence-electron chi connectivity index (χ3n) is 5.35. The summed E-state index contributed by atoms with van der Waals surface area (Å²) in [5.41, 5.74) is 4.30. The highest BCUT2D eigenvalue weighted by molar-refractivity contribution is 5.92. The fourth-order valence-corrected chi connectivity index (χ4v) is 3.51. The van der Waals surface area contributed by atoms with Crippen LogP contribution in [0.25, 0.3) is 22.2 Å². The molecule has 1 aromatic heterocycles. The number of rotatable bonds is 6. The Labute approximate surface area is 171 Å². The SMILES string of the molecule is COc1ccc(C(C)N(C)Cc2nc(-c3ccccc3)c3ccccc3n2)cc1. The van der Waals surface area contributed by atoms with Crippen molar-refractivity contribution < 1.29 is 4.74 Å². The number of fused-ring (bicyclic) bond motifs is 1. The number of para-hydroxylation sites is 1. The van der Waals surface area contributed by atoms with Crippen LogP contribution in [0.1, 0.15) is 24.4 Å². The third kappa shape index (κ3) is 4.13. The Balaban J connectivity index is 1.65. The molecule has 4 aromatic rings. The average molecular weight is 383 g/mol. The van der Waals surface area contributed by atoms with Crippen LogP contribution in [0, 0.1) is 0 Å². The van der Waals surface area contributed by atoms with Gasteiger partial charge in [-0.2, -0.15) is 0 Å². The van der Waals surface area contributed by atoms with E-state index in [2.05, 4.69) is 55.3 Å². The Morgan fingerprint density at radius 2 is 1.55 bits per heavy atom. The van der Waals surface area contributed by atoms with Gasteiger partial charge in [0.1, 0.15) is 11.6 Å². The molecule has 4 heteroatoms. The lowest BCUT2D eigenvalue weighted by atomic mass is 10.1. The molecule has 0 aliphatic carbocycles. The number of methoxy groups -OCH3 is 1. The lowest BCUT2D eigenvalue weighted by molar-refractivity contribution is 0.247. The Bertz CT molecular complexity index is 1090. The van der Waals surface area contributed by atoms with E-state index in [9.17, 15) is 0 Å². The highest BCUT2D eigenvalue weighted by Gasteiger charge is 2.16. The molecule has 146 valence electrons. The van der Waals surface area contributed by atoms with E-state index in [0.717, 1.165) is 33.7 Å². The van der Waals surface area contributed by atoms with Gasteiger partial charge in [-0.15, -0.1) is 0 Å². The van der Waals surface area contributed by atoms with Crippen molar-refractivity contribution in [2.24, 2.45) is 0 Å². The summed E-state index contributed by atoms with van der Waals surface area (Å²) in [7, 11) is 3.79. The zero-order valence-electron chi connectivity index (χ0n) is 17.0. The predicted octanol–water partition coefficient (Wildman–Crippen LogP) is 5.50. The Morgan fingerprint density at radius 3 is 2.28 bits per heavy atom. The number of hydrogen-bond acceptors (Lipinski definition) is 4. The van der Waals surface area contributed by atoms with Crippen LogP contribution in [0.2, 0.25) is 0 Å². The van der Waals surface area contributed by atoms with Crippen molar-refractivity contribution in [3.8, 4) is 17.0 Å². The topological polar surface area (TPSA) is 38.2 Å². The molecule has 1 unspecified atom stereocenters. The summed E-state index contributed by atoms with van der Waals surface area (Å²) >= 11 is 0. The standard InChI is InChI=1S/C25H25N3O/c1-18(19-13-15-21(29-3)16-14-19)28(2)17-24-26-23-12-8-7-11-22(23)25(27-24)20-9-5-4-6-10-20/h4-16,18H,17H2,1-3H3.